The Balaban J connectivity index is 1.52. The van der Waals surface area contributed by atoms with Crippen LogP contribution in [0.15, 0.2) is 60.8 Å². The van der Waals surface area contributed by atoms with E-state index in [1.165, 1.54) is 25.7 Å². The Morgan fingerprint density at radius 3 is 2.45 bits per heavy atom. The van der Waals surface area contributed by atoms with E-state index in [0.717, 1.165) is 35.6 Å². The topological polar surface area (TPSA) is 56.2 Å². The summed E-state index contributed by atoms with van der Waals surface area (Å²) >= 11 is 0. The lowest BCUT2D eigenvalue weighted by molar-refractivity contribution is 0.0930. The molecule has 1 heterocycles. The fraction of sp³-hybridized carbons (Fsp3) is 0.385. The number of carbonyl (C=O) groups is 1. The number of amides is 1. The Labute approximate surface area is 184 Å². The molecule has 1 saturated carbocycles. The maximum absolute atomic E-state index is 13.1. The maximum Gasteiger partial charge on any atom is 0.255 e. The molecular weight excluding hydrogens is 386 g/mol. The molecule has 0 aliphatic heterocycles. The molecular formula is C26H31N3O2. The molecule has 1 atom stereocenters. The summed E-state index contributed by atoms with van der Waals surface area (Å²) in [7, 11) is 1.86. The summed E-state index contributed by atoms with van der Waals surface area (Å²) in [6.07, 6.45) is 8.59. The average Bonchev–Trinajstić information content (AvgIpc) is 3.44. The molecule has 5 nitrogen and oxygen atoms in total. The zero-order chi connectivity index (χ0) is 21.6. The first-order chi connectivity index (χ1) is 15.1. The van der Waals surface area contributed by atoms with Crippen molar-refractivity contribution in [2.24, 2.45) is 13.0 Å². The maximum atomic E-state index is 13.1. The van der Waals surface area contributed by atoms with Gasteiger partial charge < -0.3 is 10.1 Å². The van der Waals surface area contributed by atoms with Crippen molar-refractivity contribution in [3.05, 3.63) is 77.6 Å². The number of rotatable bonds is 8. The van der Waals surface area contributed by atoms with Gasteiger partial charge in [-0.2, -0.15) is 5.10 Å². The third kappa shape index (κ3) is 5.35. The summed E-state index contributed by atoms with van der Waals surface area (Å²) in [4.78, 5) is 13.1. The SMILES string of the molecule is CCc1nn(C)cc1C(=O)NC(CC1CCCC1)c1ccc(Oc2ccccc2)cc1. The minimum absolute atomic E-state index is 0.0220. The van der Waals surface area contributed by atoms with Crippen LogP contribution in [0.1, 0.15) is 66.7 Å². The smallest absolute Gasteiger partial charge is 0.255 e. The monoisotopic (exact) mass is 417 g/mol. The van der Waals surface area contributed by atoms with Gasteiger partial charge in [0, 0.05) is 13.2 Å². The van der Waals surface area contributed by atoms with Crippen molar-refractivity contribution in [1.29, 1.82) is 0 Å². The van der Waals surface area contributed by atoms with Crippen molar-refractivity contribution < 1.29 is 9.53 Å². The summed E-state index contributed by atoms with van der Waals surface area (Å²) < 4.78 is 7.65. The van der Waals surface area contributed by atoms with Gasteiger partial charge in [-0.1, -0.05) is 62.9 Å². The standard InChI is InChI=1S/C26H31N3O2/c1-3-24-23(18-29(2)28-24)26(30)27-25(17-19-9-7-8-10-19)20-13-15-22(16-14-20)31-21-11-5-4-6-12-21/h4-6,11-16,18-19,25H,3,7-10,17H2,1-2H3,(H,27,30). The van der Waals surface area contributed by atoms with Crippen LogP contribution in [-0.4, -0.2) is 15.7 Å². The largest absolute Gasteiger partial charge is 0.457 e. The third-order valence-electron chi connectivity index (χ3n) is 6.10. The number of para-hydroxylation sites is 1. The van der Waals surface area contributed by atoms with Gasteiger partial charge in [0.1, 0.15) is 11.5 Å². The Bertz CT molecular complexity index is 989. The van der Waals surface area contributed by atoms with Crippen LogP contribution in [0, 0.1) is 5.92 Å². The van der Waals surface area contributed by atoms with Crippen molar-refractivity contribution in [2.45, 2.75) is 51.5 Å². The highest BCUT2D eigenvalue weighted by atomic mass is 16.5. The quantitative estimate of drug-likeness (QED) is 0.502. The molecule has 1 fully saturated rings. The normalized spacial score (nSPS) is 15.0. The molecule has 162 valence electrons. The Morgan fingerprint density at radius 1 is 1.10 bits per heavy atom. The second-order valence-electron chi connectivity index (χ2n) is 8.41. The summed E-state index contributed by atoms with van der Waals surface area (Å²) in [5.41, 5.74) is 2.62. The highest BCUT2D eigenvalue weighted by molar-refractivity contribution is 5.95. The van der Waals surface area contributed by atoms with Crippen molar-refractivity contribution in [1.82, 2.24) is 15.1 Å². The lowest BCUT2D eigenvalue weighted by Gasteiger charge is -2.23. The summed E-state index contributed by atoms with van der Waals surface area (Å²) in [5, 5.41) is 7.72. The molecule has 4 rings (SSSR count). The van der Waals surface area contributed by atoms with E-state index in [4.69, 9.17) is 4.74 Å². The van der Waals surface area contributed by atoms with Gasteiger partial charge in [-0.3, -0.25) is 9.48 Å². The van der Waals surface area contributed by atoms with Crippen molar-refractivity contribution in [3.8, 4) is 11.5 Å². The van der Waals surface area contributed by atoms with Crippen LogP contribution in [0.4, 0.5) is 0 Å². The van der Waals surface area contributed by atoms with Gasteiger partial charge in [0.2, 0.25) is 0 Å². The minimum Gasteiger partial charge on any atom is -0.457 e. The fourth-order valence-corrected chi connectivity index (χ4v) is 4.47. The average molecular weight is 418 g/mol. The van der Waals surface area contributed by atoms with Gasteiger partial charge in [-0.05, 0) is 48.6 Å². The van der Waals surface area contributed by atoms with E-state index >= 15 is 0 Å². The number of nitrogens with one attached hydrogen (secondary N) is 1. The Morgan fingerprint density at radius 2 is 1.77 bits per heavy atom. The molecule has 1 aliphatic rings. The number of hydrogen-bond acceptors (Lipinski definition) is 3. The number of benzene rings is 2. The molecule has 1 amide bonds. The Hall–Kier alpha value is -3.08. The van der Waals surface area contributed by atoms with Gasteiger partial charge in [-0.25, -0.2) is 0 Å². The molecule has 0 radical (unpaired) electrons. The molecule has 2 aromatic carbocycles. The second kappa shape index (κ2) is 9.82. The van der Waals surface area contributed by atoms with Crippen LogP contribution in [0.5, 0.6) is 11.5 Å². The molecule has 3 aromatic rings. The van der Waals surface area contributed by atoms with E-state index in [2.05, 4.69) is 22.5 Å². The fourth-order valence-electron chi connectivity index (χ4n) is 4.47. The molecule has 1 N–H and O–H groups in total. The lowest BCUT2D eigenvalue weighted by Crippen LogP contribution is -2.30. The first-order valence-electron chi connectivity index (χ1n) is 11.3. The number of ether oxygens (including phenoxy) is 1. The number of aryl methyl sites for hydroxylation is 2. The molecule has 5 heteroatoms. The number of carbonyl (C=O) groups excluding carboxylic acids is 1. The minimum atomic E-state index is -0.0439. The van der Waals surface area contributed by atoms with Crippen LogP contribution in [0.3, 0.4) is 0 Å². The molecule has 0 spiro atoms. The van der Waals surface area contributed by atoms with E-state index < -0.39 is 0 Å². The highest BCUT2D eigenvalue weighted by Gasteiger charge is 2.24. The summed E-state index contributed by atoms with van der Waals surface area (Å²) in [6.45, 7) is 2.03. The predicted molar refractivity (Wildman–Crippen MR) is 122 cm³/mol. The van der Waals surface area contributed by atoms with E-state index in [9.17, 15) is 4.79 Å². The van der Waals surface area contributed by atoms with E-state index in [1.54, 1.807) is 4.68 Å². The highest BCUT2D eigenvalue weighted by Crippen LogP contribution is 2.34. The van der Waals surface area contributed by atoms with Crippen molar-refractivity contribution in [3.63, 3.8) is 0 Å². The van der Waals surface area contributed by atoms with Crippen LogP contribution in [-0.2, 0) is 13.5 Å². The molecule has 1 aromatic heterocycles. The van der Waals surface area contributed by atoms with Gasteiger partial charge in [0.15, 0.2) is 0 Å². The Kier molecular flexibility index (Phi) is 6.70. The molecule has 1 aliphatic carbocycles. The second-order valence-corrected chi connectivity index (χ2v) is 8.41. The molecule has 31 heavy (non-hydrogen) atoms. The van der Waals surface area contributed by atoms with Crippen LogP contribution < -0.4 is 10.1 Å². The van der Waals surface area contributed by atoms with Crippen LogP contribution in [0.25, 0.3) is 0 Å². The van der Waals surface area contributed by atoms with Crippen LogP contribution in [0.2, 0.25) is 0 Å². The summed E-state index contributed by atoms with van der Waals surface area (Å²) in [5.74, 6) is 2.22. The first kappa shape index (κ1) is 21.2. The van der Waals surface area contributed by atoms with E-state index in [0.29, 0.717) is 11.5 Å². The third-order valence-corrected chi connectivity index (χ3v) is 6.10. The van der Waals surface area contributed by atoms with Crippen molar-refractivity contribution in [2.75, 3.05) is 0 Å². The van der Waals surface area contributed by atoms with Gasteiger partial charge in [0.25, 0.3) is 5.91 Å². The van der Waals surface area contributed by atoms with Crippen molar-refractivity contribution >= 4 is 5.91 Å². The molecule has 1 unspecified atom stereocenters. The van der Waals surface area contributed by atoms with Gasteiger partial charge in [-0.15, -0.1) is 0 Å². The van der Waals surface area contributed by atoms with E-state index in [-0.39, 0.29) is 11.9 Å². The van der Waals surface area contributed by atoms with E-state index in [1.807, 2.05) is 62.6 Å². The molecule has 0 bridgehead atoms. The van der Waals surface area contributed by atoms with Crippen LogP contribution >= 0.6 is 0 Å². The number of hydrogen-bond donors (Lipinski definition) is 1. The van der Waals surface area contributed by atoms with Gasteiger partial charge >= 0.3 is 0 Å². The lowest BCUT2D eigenvalue weighted by atomic mass is 9.93. The number of aromatic nitrogens is 2. The first-order valence-corrected chi connectivity index (χ1v) is 11.3. The van der Waals surface area contributed by atoms with Gasteiger partial charge in [0.05, 0.1) is 17.3 Å². The summed E-state index contributed by atoms with van der Waals surface area (Å²) in [6, 6.07) is 17.9. The predicted octanol–water partition coefficient (Wildman–Crippen LogP) is 5.83. The zero-order valence-corrected chi connectivity index (χ0v) is 18.4. The zero-order valence-electron chi connectivity index (χ0n) is 18.4. The molecule has 0 saturated heterocycles. The number of nitrogens with zero attached hydrogens (tertiary/aromatic N) is 2.